The van der Waals surface area contributed by atoms with E-state index in [1.807, 2.05) is 23.6 Å². The number of halogens is 1. The van der Waals surface area contributed by atoms with Gasteiger partial charge in [0.25, 0.3) is 5.91 Å². The predicted molar refractivity (Wildman–Crippen MR) is 107 cm³/mol. The number of fused-ring (bicyclic) bond motifs is 3. The number of rotatable bonds is 4. The van der Waals surface area contributed by atoms with E-state index in [0.29, 0.717) is 18.3 Å². The van der Waals surface area contributed by atoms with Crippen LogP contribution < -0.4 is 10.2 Å². The summed E-state index contributed by atoms with van der Waals surface area (Å²) in [5, 5.41) is 19.9. The van der Waals surface area contributed by atoms with Crippen LogP contribution in [0.3, 0.4) is 0 Å². The molecular weight excluding hydrogens is 385 g/mol. The summed E-state index contributed by atoms with van der Waals surface area (Å²) in [5.74, 6) is 2.18. The van der Waals surface area contributed by atoms with Crippen molar-refractivity contribution in [3.8, 4) is 0 Å². The van der Waals surface area contributed by atoms with Crippen LogP contribution in [-0.4, -0.2) is 44.0 Å². The molecule has 0 saturated carbocycles. The fraction of sp³-hybridized carbons (Fsp3) is 0.381. The zero-order chi connectivity index (χ0) is 20.7. The first kappa shape index (κ1) is 18.7. The van der Waals surface area contributed by atoms with E-state index in [1.54, 1.807) is 12.1 Å². The minimum absolute atomic E-state index is 0.216. The Bertz CT molecular complexity index is 1060. The van der Waals surface area contributed by atoms with Crippen molar-refractivity contribution in [3.63, 3.8) is 0 Å². The van der Waals surface area contributed by atoms with E-state index in [-0.39, 0.29) is 17.6 Å². The van der Waals surface area contributed by atoms with Gasteiger partial charge in [-0.3, -0.25) is 4.79 Å². The fourth-order valence-corrected chi connectivity index (χ4v) is 4.34. The van der Waals surface area contributed by atoms with Gasteiger partial charge in [-0.15, -0.1) is 15.3 Å². The molecule has 2 aliphatic heterocycles. The van der Waals surface area contributed by atoms with E-state index >= 15 is 0 Å². The minimum Gasteiger partial charge on any atom is -0.354 e. The van der Waals surface area contributed by atoms with Crippen LogP contribution in [0.25, 0.3) is 0 Å². The maximum absolute atomic E-state index is 13.0. The highest BCUT2D eigenvalue weighted by Crippen LogP contribution is 2.39. The average molecular weight is 407 g/mol. The van der Waals surface area contributed by atoms with E-state index in [4.69, 9.17) is 0 Å². The maximum Gasteiger partial charge on any atom is 0.289 e. The molecule has 5 rings (SSSR count). The van der Waals surface area contributed by atoms with Gasteiger partial charge in [-0.1, -0.05) is 12.1 Å². The summed E-state index contributed by atoms with van der Waals surface area (Å²) in [7, 11) is 0. The number of anilines is 1. The van der Waals surface area contributed by atoms with E-state index in [0.717, 1.165) is 49.0 Å². The van der Waals surface area contributed by atoms with Gasteiger partial charge in [0, 0.05) is 32.1 Å². The van der Waals surface area contributed by atoms with Crippen LogP contribution in [0.4, 0.5) is 10.2 Å². The van der Waals surface area contributed by atoms with Crippen LogP contribution in [-0.2, 0) is 13.1 Å². The Kier molecular flexibility index (Phi) is 4.65. The number of nitrogens with one attached hydrogen (secondary N) is 1. The molecule has 1 N–H and O–H groups in total. The smallest absolute Gasteiger partial charge is 0.289 e. The average Bonchev–Trinajstić information content (AvgIpc) is 3.37. The lowest BCUT2D eigenvalue weighted by Gasteiger charge is -2.24. The normalized spacial score (nSPS) is 20.0. The number of hydrogen-bond donors (Lipinski definition) is 1. The standard InChI is InChI=1S/C21H22FN7O/c1-13-2-7-18(25-24-13)28-11-15-8-9-29-19(17(15)12-28)26-27-20(29)21(30)23-10-14-3-5-16(22)6-4-14/h2-7,15,17H,8-12H2,1H3,(H,23,30)/t15-,17-/m1/s1. The second-order valence-corrected chi connectivity index (χ2v) is 7.94. The molecule has 0 bridgehead atoms. The number of benzene rings is 1. The monoisotopic (exact) mass is 407 g/mol. The number of hydrogen-bond acceptors (Lipinski definition) is 6. The van der Waals surface area contributed by atoms with Crippen molar-refractivity contribution in [2.24, 2.45) is 5.92 Å². The molecule has 0 aliphatic carbocycles. The first-order valence-electron chi connectivity index (χ1n) is 10.1. The Morgan fingerprint density at radius 2 is 1.93 bits per heavy atom. The van der Waals surface area contributed by atoms with E-state index in [9.17, 15) is 9.18 Å². The summed E-state index contributed by atoms with van der Waals surface area (Å²) in [5.41, 5.74) is 1.72. The number of nitrogens with zero attached hydrogens (tertiary/aromatic N) is 6. The van der Waals surface area contributed by atoms with Crippen molar-refractivity contribution in [1.82, 2.24) is 30.3 Å². The third kappa shape index (κ3) is 3.40. The molecule has 0 unspecified atom stereocenters. The van der Waals surface area contributed by atoms with E-state index in [1.165, 1.54) is 12.1 Å². The molecule has 0 spiro atoms. The van der Waals surface area contributed by atoms with Gasteiger partial charge in [-0.25, -0.2) is 4.39 Å². The van der Waals surface area contributed by atoms with Crippen molar-refractivity contribution in [2.75, 3.05) is 18.0 Å². The van der Waals surface area contributed by atoms with Crippen molar-refractivity contribution in [3.05, 3.63) is 65.1 Å². The lowest BCUT2D eigenvalue weighted by atomic mass is 9.89. The number of amides is 1. The molecule has 30 heavy (non-hydrogen) atoms. The summed E-state index contributed by atoms with van der Waals surface area (Å²) in [6.45, 7) is 4.65. The van der Waals surface area contributed by atoms with Gasteiger partial charge in [-0.05, 0) is 49.1 Å². The summed E-state index contributed by atoms with van der Waals surface area (Å²) in [6, 6.07) is 10.0. The molecule has 3 aromatic rings. The molecule has 2 aromatic heterocycles. The van der Waals surface area contributed by atoms with Crippen LogP contribution in [0.15, 0.2) is 36.4 Å². The van der Waals surface area contributed by atoms with Crippen LogP contribution in [0.1, 0.15) is 40.0 Å². The van der Waals surface area contributed by atoms with Gasteiger partial charge in [0.15, 0.2) is 5.82 Å². The topological polar surface area (TPSA) is 88.8 Å². The molecular formula is C21H22FN7O. The first-order valence-corrected chi connectivity index (χ1v) is 10.1. The lowest BCUT2D eigenvalue weighted by Crippen LogP contribution is -2.30. The van der Waals surface area contributed by atoms with Gasteiger partial charge < -0.3 is 14.8 Å². The zero-order valence-electron chi connectivity index (χ0n) is 16.6. The highest BCUT2D eigenvalue weighted by molar-refractivity contribution is 5.90. The molecule has 1 saturated heterocycles. The third-order valence-electron chi connectivity index (χ3n) is 5.95. The van der Waals surface area contributed by atoms with Crippen LogP contribution in [0.2, 0.25) is 0 Å². The SMILES string of the molecule is Cc1ccc(N2C[C@H]3CCn4c(C(=O)NCc5ccc(F)cc5)nnc4[C@@H]3C2)nn1. The minimum atomic E-state index is -0.298. The number of carbonyl (C=O) groups excluding carboxylic acids is 1. The van der Waals surface area contributed by atoms with Gasteiger partial charge in [0.2, 0.25) is 5.82 Å². The van der Waals surface area contributed by atoms with Crippen LogP contribution in [0.5, 0.6) is 0 Å². The largest absolute Gasteiger partial charge is 0.354 e. The molecule has 1 aromatic carbocycles. The number of carbonyl (C=O) groups is 1. The zero-order valence-corrected chi connectivity index (χ0v) is 16.6. The summed E-state index contributed by atoms with van der Waals surface area (Å²) in [4.78, 5) is 14.9. The van der Waals surface area contributed by atoms with Gasteiger partial charge in [0.05, 0.1) is 5.69 Å². The Balaban J connectivity index is 1.30. The van der Waals surface area contributed by atoms with Crippen LogP contribution >= 0.6 is 0 Å². The second-order valence-electron chi connectivity index (χ2n) is 7.94. The number of aryl methyl sites for hydroxylation is 1. The highest BCUT2D eigenvalue weighted by atomic mass is 19.1. The first-order chi connectivity index (χ1) is 14.6. The Labute approximate surface area is 173 Å². The van der Waals surface area contributed by atoms with E-state index in [2.05, 4.69) is 30.6 Å². The molecule has 2 atom stereocenters. The van der Waals surface area contributed by atoms with Crippen molar-refractivity contribution in [1.29, 1.82) is 0 Å². The van der Waals surface area contributed by atoms with Crippen molar-refractivity contribution in [2.45, 2.75) is 32.4 Å². The molecule has 0 radical (unpaired) electrons. The molecule has 4 heterocycles. The fourth-order valence-electron chi connectivity index (χ4n) is 4.34. The van der Waals surface area contributed by atoms with E-state index < -0.39 is 0 Å². The lowest BCUT2D eigenvalue weighted by molar-refractivity contribution is 0.0933. The van der Waals surface area contributed by atoms with Gasteiger partial charge >= 0.3 is 0 Å². The molecule has 2 aliphatic rings. The van der Waals surface area contributed by atoms with Crippen molar-refractivity contribution >= 4 is 11.7 Å². The Morgan fingerprint density at radius 3 is 2.70 bits per heavy atom. The van der Waals surface area contributed by atoms with Gasteiger partial charge in [0.1, 0.15) is 11.6 Å². The highest BCUT2D eigenvalue weighted by Gasteiger charge is 2.41. The predicted octanol–water partition coefficient (Wildman–Crippen LogP) is 2.07. The molecule has 1 amide bonds. The number of aromatic nitrogens is 5. The summed E-state index contributed by atoms with van der Waals surface area (Å²) >= 11 is 0. The summed E-state index contributed by atoms with van der Waals surface area (Å²) < 4.78 is 15.0. The molecule has 9 heteroatoms. The Hall–Kier alpha value is -3.36. The third-order valence-corrected chi connectivity index (χ3v) is 5.95. The molecule has 1 fully saturated rings. The van der Waals surface area contributed by atoms with Crippen molar-refractivity contribution < 1.29 is 9.18 Å². The van der Waals surface area contributed by atoms with Crippen LogP contribution in [0, 0.1) is 18.7 Å². The molecule has 8 nitrogen and oxygen atoms in total. The molecule has 154 valence electrons. The maximum atomic E-state index is 13.0. The van der Waals surface area contributed by atoms with Gasteiger partial charge in [-0.2, -0.15) is 5.10 Å². The Morgan fingerprint density at radius 1 is 1.10 bits per heavy atom. The second kappa shape index (κ2) is 7.47. The quantitative estimate of drug-likeness (QED) is 0.712. The summed E-state index contributed by atoms with van der Waals surface area (Å²) in [6.07, 6.45) is 0.962.